The monoisotopic (exact) mass is 866 g/mol. The minimum absolute atomic E-state index is 0.0127. The number of halogens is 8. The van der Waals surface area contributed by atoms with Crippen molar-refractivity contribution in [3.63, 3.8) is 0 Å². The zero-order valence-electron chi connectivity index (χ0n) is 27.9. The Hall–Kier alpha value is -5.07. The minimum atomic E-state index is -5.13. The van der Waals surface area contributed by atoms with Gasteiger partial charge in [0.1, 0.15) is 29.8 Å². The van der Waals surface area contributed by atoms with Gasteiger partial charge in [-0.3, -0.25) is 18.9 Å². The maximum atomic E-state index is 15.5. The second-order valence-electron chi connectivity index (χ2n) is 13.0. The van der Waals surface area contributed by atoms with E-state index in [1.807, 2.05) is 0 Å². The number of carbonyl (C=O) groups is 1. The molecule has 1 amide bonds. The van der Waals surface area contributed by atoms with Crippen LogP contribution in [0.3, 0.4) is 0 Å². The molecule has 0 saturated carbocycles. The first-order valence-corrected chi connectivity index (χ1v) is 19.5. The van der Waals surface area contributed by atoms with Crippen molar-refractivity contribution < 1.29 is 43.9 Å². The number of nitrogens with zero attached hydrogens (tertiary/aromatic N) is 6. The Morgan fingerprint density at radius 1 is 1.07 bits per heavy atom. The number of amides is 1. The highest BCUT2D eigenvalue weighted by molar-refractivity contribution is 9.11. The zero-order chi connectivity index (χ0) is 39.4. The molecule has 284 valence electrons. The molecule has 0 aliphatic heterocycles. The van der Waals surface area contributed by atoms with Crippen LogP contribution >= 0.6 is 27.3 Å². The summed E-state index contributed by atoms with van der Waals surface area (Å²) in [5.74, 6) is -5.33. The number of hydrogen-bond acceptors (Lipinski definition) is 8. The van der Waals surface area contributed by atoms with Crippen LogP contribution in [-0.2, 0) is 46.9 Å². The molecule has 2 N–H and O–H groups in total. The smallest absolute Gasteiger partial charge is 0.346 e. The molecule has 2 aromatic carbocycles. The minimum Gasteiger partial charge on any atom is -0.346 e. The van der Waals surface area contributed by atoms with Crippen molar-refractivity contribution >= 4 is 70.3 Å². The number of sulfonamides is 1. The van der Waals surface area contributed by atoms with E-state index in [9.17, 15) is 35.2 Å². The van der Waals surface area contributed by atoms with Gasteiger partial charge < -0.3 is 5.32 Å². The Kier molecular flexibility index (Phi) is 8.54. The van der Waals surface area contributed by atoms with Crippen molar-refractivity contribution in [2.45, 2.75) is 37.0 Å². The van der Waals surface area contributed by atoms with Crippen LogP contribution in [0.15, 0.2) is 46.4 Å². The number of nitrogens with one attached hydrogen (secondary N) is 2. The highest BCUT2D eigenvalue weighted by Crippen LogP contribution is 2.58. The zero-order valence-corrected chi connectivity index (χ0v) is 31.2. The van der Waals surface area contributed by atoms with Crippen molar-refractivity contribution in [3.05, 3.63) is 86.2 Å². The van der Waals surface area contributed by atoms with E-state index >= 15 is 8.78 Å². The maximum Gasteiger partial charge on any atom is 0.435 e. The largest absolute Gasteiger partial charge is 0.435 e. The third-order valence-corrected chi connectivity index (χ3v) is 11.2. The molecular formula is C34H22BrF7N8O3S2. The van der Waals surface area contributed by atoms with Crippen LogP contribution in [0.25, 0.3) is 32.4 Å². The summed E-state index contributed by atoms with van der Waals surface area (Å²) in [5, 5.41) is 10.8. The van der Waals surface area contributed by atoms with Gasteiger partial charge >= 0.3 is 12.1 Å². The third-order valence-electron chi connectivity index (χ3n) is 9.15. The first-order valence-electron chi connectivity index (χ1n) is 16.0. The molecule has 0 radical (unpaired) electrons. The molecule has 11 nitrogen and oxygen atoms in total. The van der Waals surface area contributed by atoms with Gasteiger partial charge in [-0.15, -0.1) is 11.3 Å². The van der Waals surface area contributed by atoms with Gasteiger partial charge in [-0.2, -0.15) is 32.1 Å². The van der Waals surface area contributed by atoms with Gasteiger partial charge in [0, 0.05) is 35.2 Å². The van der Waals surface area contributed by atoms with E-state index in [4.69, 9.17) is 4.98 Å². The lowest BCUT2D eigenvalue weighted by Crippen LogP contribution is -2.36. The van der Waals surface area contributed by atoms with Crippen molar-refractivity contribution in [3.8, 4) is 23.0 Å². The number of aromatic nitrogens is 6. The quantitative estimate of drug-likeness (QED) is 0.121. The summed E-state index contributed by atoms with van der Waals surface area (Å²) in [7, 11) is -2.20. The van der Waals surface area contributed by atoms with Crippen LogP contribution in [0.2, 0.25) is 0 Å². The number of para-hydroxylation sites is 1. The molecule has 0 unspecified atom stereocenters. The standard InChI is InChI=1S/C34H22BrF7N8O3S2/c1-49-27-17(4-3-5-19(27)30(47-49)48-55(2,52)53)20-12-23-31(45-32(35)54-23)44-26(20)22(10-14-8-15(36)11-16(37)9-14)43-24(51)13-50-29-25(28(46-50)34(40,41)42)18-6-7-21(18)33(29,38)39/h3-5,8-9,11-12,18,21-22H,10,13H2,1-2H3,(H,43,51)(H,47,48)/t18-,21+,22-/m0/s1. The molecule has 6 aromatic rings. The Morgan fingerprint density at radius 3 is 2.45 bits per heavy atom. The van der Waals surface area contributed by atoms with E-state index in [1.54, 1.807) is 31.3 Å². The number of benzene rings is 2. The van der Waals surface area contributed by atoms with Crippen LogP contribution < -0.4 is 10.0 Å². The van der Waals surface area contributed by atoms with Crippen LogP contribution in [0.1, 0.15) is 40.2 Å². The second kappa shape index (κ2) is 12.7. The molecule has 2 aliphatic carbocycles. The molecule has 0 fully saturated rings. The summed E-state index contributed by atoms with van der Waals surface area (Å²) in [4.78, 5) is 23.0. The number of thiazole rings is 1. The number of fused-ring (bicyclic) bond motifs is 5. The van der Waals surface area contributed by atoms with E-state index in [0.29, 0.717) is 41.4 Å². The van der Waals surface area contributed by atoms with Gasteiger partial charge in [-0.05, 0) is 52.2 Å². The van der Waals surface area contributed by atoms with Crippen molar-refractivity contribution in [2.24, 2.45) is 13.0 Å². The number of rotatable bonds is 9. The Bertz CT molecular complexity index is 2770. The van der Waals surface area contributed by atoms with Crippen LogP contribution in [0, 0.1) is 29.4 Å². The first-order chi connectivity index (χ1) is 25.8. The Balaban J connectivity index is 1.27. The summed E-state index contributed by atoms with van der Waals surface area (Å²) in [5.41, 5.74) is -1.99. The van der Waals surface area contributed by atoms with Gasteiger partial charge in [-0.25, -0.2) is 27.2 Å². The van der Waals surface area contributed by atoms with E-state index < -0.39 is 81.0 Å². The Labute approximate surface area is 318 Å². The van der Waals surface area contributed by atoms with E-state index in [2.05, 4.69) is 53.0 Å². The maximum absolute atomic E-state index is 15.5. The Morgan fingerprint density at radius 2 is 1.80 bits per heavy atom. The first kappa shape index (κ1) is 36.9. The van der Waals surface area contributed by atoms with E-state index in [1.165, 1.54) is 16.0 Å². The van der Waals surface area contributed by atoms with Crippen LogP contribution in [0.4, 0.5) is 36.6 Å². The summed E-state index contributed by atoms with van der Waals surface area (Å²) >= 11 is 4.54. The molecule has 8 rings (SSSR count). The predicted octanol–water partition coefficient (Wildman–Crippen LogP) is 6.79. The second-order valence-corrected chi connectivity index (χ2v) is 17.0. The number of aryl methyl sites for hydroxylation is 1. The highest BCUT2D eigenvalue weighted by Gasteiger charge is 2.62. The SMILES string of the molecule is Cn1nc(NS(C)(=O)=O)c2cccc(-c3cc4sc(Br)nc4nc3[C@H](Cc3cc(F)cc(F)c3)NC(=O)Cn3nc(C(F)(F)F)c4c3C(F)(F)[C@@H]3C#C[C@H]43)c21. The summed E-state index contributed by atoms with van der Waals surface area (Å²) in [6, 6.07) is 7.92. The molecule has 4 heterocycles. The topological polar surface area (TPSA) is 137 Å². The molecule has 0 bridgehead atoms. The molecule has 0 spiro atoms. The lowest BCUT2D eigenvalue weighted by atomic mass is 9.84. The highest BCUT2D eigenvalue weighted by atomic mass is 79.9. The average Bonchev–Trinajstić information content (AvgIpc) is 3.73. The molecule has 4 aromatic heterocycles. The van der Waals surface area contributed by atoms with Gasteiger partial charge in [0.25, 0.3) is 0 Å². The fourth-order valence-electron chi connectivity index (χ4n) is 7.08. The van der Waals surface area contributed by atoms with Crippen molar-refractivity contribution in [1.29, 1.82) is 0 Å². The number of anilines is 1. The molecule has 21 heteroatoms. The number of pyridine rings is 1. The number of alkyl halides is 5. The van der Waals surface area contributed by atoms with Crippen molar-refractivity contribution in [1.82, 2.24) is 34.8 Å². The normalized spacial score (nSPS) is 17.7. The fourth-order valence-corrected chi connectivity index (χ4v) is 8.94. The van der Waals surface area contributed by atoms with Crippen molar-refractivity contribution in [2.75, 3.05) is 11.0 Å². The molecule has 2 aliphatic rings. The van der Waals surface area contributed by atoms with E-state index in [0.717, 1.165) is 18.4 Å². The van der Waals surface area contributed by atoms with Gasteiger partial charge in [0.05, 0.1) is 34.1 Å². The fraction of sp³-hybridized carbons (Fsp3) is 0.265. The number of carbonyl (C=O) groups excluding carboxylic acids is 1. The lowest BCUT2D eigenvalue weighted by molar-refractivity contribution is -0.142. The summed E-state index contributed by atoms with van der Waals surface area (Å²) < 4.78 is 132. The van der Waals surface area contributed by atoms with Gasteiger partial charge in [0.15, 0.2) is 21.1 Å². The van der Waals surface area contributed by atoms with Gasteiger partial charge in [-0.1, -0.05) is 24.0 Å². The molecular weight excluding hydrogens is 845 g/mol. The third kappa shape index (κ3) is 6.48. The lowest BCUT2D eigenvalue weighted by Gasteiger charge is -2.24. The predicted molar refractivity (Wildman–Crippen MR) is 189 cm³/mol. The summed E-state index contributed by atoms with van der Waals surface area (Å²) in [6.07, 6.45) is -4.52. The molecule has 3 atom stereocenters. The van der Waals surface area contributed by atoms with Crippen LogP contribution in [-0.4, -0.2) is 50.1 Å². The van der Waals surface area contributed by atoms with Crippen LogP contribution in [0.5, 0.6) is 0 Å². The summed E-state index contributed by atoms with van der Waals surface area (Å²) in [6.45, 7) is -1.10. The van der Waals surface area contributed by atoms with Gasteiger partial charge in [0.2, 0.25) is 15.9 Å². The molecule has 0 saturated heterocycles. The molecule has 55 heavy (non-hydrogen) atoms. The van der Waals surface area contributed by atoms with E-state index in [-0.39, 0.29) is 29.1 Å². The average molecular weight is 868 g/mol. The number of hydrogen-bond donors (Lipinski definition) is 2.